The molecular weight excluding hydrogens is 344 g/mol. The molecule has 0 atom stereocenters. The molecular formula is C21H28N2O4. The van der Waals surface area contributed by atoms with E-state index in [-0.39, 0.29) is 23.8 Å². The number of hydrazine groups is 1. The molecule has 5 rings (SSSR count). The summed E-state index contributed by atoms with van der Waals surface area (Å²) >= 11 is 0. The Balaban J connectivity index is 1.28. The van der Waals surface area contributed by atoms with E-state index in [1.807, 2.05) is 19.1 Å². The molecule has 1 aromatic rings. The average molecular weight is 372 g/mol. The van der Waals surface area contributed by atoms with Crippen LogP contribution in [0.4, 0.5) is 0 Å². The number of nitrogens with one attached hydrogen (secondary N) is 2. The minimum Gasteiger partial charge on any atom is -0.490 e. The Morgan fingerprint density at radius 3 is 2.07 bits per heavy atom. The summed E-state index contributed by atoms with van der Waals surface area (Å²) in [5.41, 5.74) is 4.92. The highest BCUT2D eigenvalue weighted by molar-refractivity contribution is 5.86. The number of hydrogen-bond donors (Lipinski definition) is 2. The van der Waals surface area contributed by atoms with Gasteiger partial charge in [-0.3, -0.25) is 20.4 Å². The number of amides is 2. The first-order valence-electron chi connectivity index (χ1n) is 10.0. The molecule has 4 saturated carbocycles. The predicted molar refractivity (Wildman–Crippen MR) is 100.0 cm³/mol. The maximum atomic E-state index is 12.8. The van der Waals surface area contributed by atoms with E-state index in [0.29, 0.717) is 35.9 Å². The maximum absolute atomic E-state index is 12.8. The predicted octanol–water partition coefficient (Wildman–Crippen LogP) is 2.83. The Kier molecular flexibility index (Phi) is 4.98. The third-order valence-electron chi connectivity index (χ3n) is 6.34. The lowest BCUT2D eigenvalue weighted by Crippen LogP contribution is -2.57. The van der Waals surface area contributed by atoms with Crippen LogP contribution in [0.3, 0.4) is 0 Å². The van der Waals surface area contributed by atoms with E-state index in [2.05, 4.69) is 10.9 Å². The normalized spacial score (nSPS) is 30.6. The third kappa shape index (κ3) is 3.75. The minimum atomic E-state index is -0.376. The van der Waals surface area contributed by atoms with Gasteiger partial charge in [0, 0.05) is 0 Å². The first kappa shape index (κ1) is 18.1. The quantitative estimate of drug-likeness (QED) is 0.753. The summed E-state index contributed by atoms with van der Waals surface area (Å²) in [4.78, 5) is 25.0. The van der Waals surface area contributed by atoms with Gasteiger partial charge in [0.15, 0.2) is 18.1 Å². The van der Waals surface area contributed by atoms with E-state index < -0.39 is 0 Å². The molecule has 6 heteroatoms. The summed E-state index contributed by atoms with van der Waals surface area (Å²) in [5, 5.41) is 0. The van der Waals surface area contributed by atoms with E-state index in [1.165, 1.54) is 19.3 Å². The van der Waals surface area contributed by atoms with Crippen LogP contribution in [0.5, 0.6) is 11.5 Å². The Labute approximate surface area is 160 Å². The van der Waals surface area contributed by atoms with Crippen LogP contribution in [0, 0.1) is 23.2 Å². The van der Waals surface area contributed by atoms with Crippen molar-refractivity contribution in [2.45, 2.75) is 45.4 Å². The second-order valence-corrected chi connectivity index (χ2v) is 8.37. The molecule has 0 unspecified atom stereocenters. The lowest BCUT2D eigenvalue weighted by molar-refractivity contribution is -0.149. The van der Waals surface area contributed by atoms with Gasteiger partial charge in [0.2, 0.25) is 5.91 Å². The fourth-order valence-electron chi connectivity index (χ4n) is 5.67. The van der Waals surface area contributed by atoms with Gasteiger partial charge < -0.3 is 9.47 Å². The number of benzene rings is 1. The average Bonchev–Trinajstić information content (AvgIpc) is 2.64. The molecule has 0 aromatic heterocycles. The molecule has 0 radical (unpaired) electrons. The molecule has 4 fully saturated rings. The lowest BCUT2D eigenvalue weighted by Gasteiger charge is -2.55. The van der Waals surface area contributed by atoms with Crippen molar-refractivity contribution < 1.29 is 19.1 Å². The lowest BCUT2D eigenvalue weighted by atomic mass is 9.49. The van der Waals surface area contributed by atoms with Crippen molar-refractivity contribution >= 4 is 11.8 Å². The maximum Gasteiger partial charge on any atom is 0.276 e. The highest BCUT2D eigenvalue weighted by Crippen LogP contribution is 2.60. The zero-order valence-electron chi connectivity index (χ0n) is 15.8. The molecule has 6 nitrogen and oxygen atoms in total. The van der Waals surface area contributed by atoms with E-state index in [4.69, 9.17) is 9.47 Å². The molecule has 4 bridgehead atoms. The molecule has 0 heterocycles. The van der Waals surface area contributed by atoms with Gasteiger partial charge >= 0.3 is 0 Å². The monoisotopic (exact) mass is 372 g/mol. The van der Waals surface area contributed by atoms with Crippen LogP contribution in [0.15, 0.2) is 24.3 Å². The number of para-hydroxylation sites is 2. The standard InChI is InChI=1S/C21H28N2O4/c1-2-26-17-5-3-4-6-18(17)27-13-19(24)22-23-20(25)21-10-14-7-15(11-21)9-16(8-14)12-21/h3-6,14-16H,2,7-13H2,1H3,(H,22,24)(H,23,25). The van der Waals surface area contributed by atoms with Gasteiger partial charge in [-0.1, -0.05) is 12.1 Å². The molecule has 2 amide bonds. The third-order valence-corrected chi connectivity index (χ3v) is 6.34. The van der Waals surface area contributed by atoms with Gasteiger partial charge in [0.05, 0.1) is 12.0 Å². The van der Waals surface area contributed by atoms with E-state index in [9.17, 15) is 9.59 Å². The molecule has 2 N–H and O–H groups in total. The second-order valence-electron chi connectivity index (χ2n) is 8.37. The fraction of sp³-hybridized carbons (Fsp3) is 0.619. The van der Waals surface area contributed by atoms with Gasteiger partial charge in [-0.15, -0.1) is 0 Å². The first-order chi connectivity index (χ1) is 13.1. The van der Waals surface area contributed by atoms with E-state index >= 15 is 0 Å². The second kappa shape index (κ2) is 7.41. The Bertz CT molecular complexity index is 683. The summed E-state index contributed by atoms with van der Waals surface area (Å²) in [6.45, 7) is 2.24. The largest absolute Gasteiger partial charge is 0.490 e. The van der Waals surface area contributed by atoms with Crippen LogP contribution >= 0.6 is 0 Å². The van der Waals surface area contributed by atoms with Crippen LogP contribution in [0.1, 0.15) is 45.4 Å². The number of carbonyl (C=O) groups excluding carboxylic acids is 2. The van der Waals surface area contributed by atoms with Gasteiger partial charge in [0.1, 0.15) is 0 Å². The topological polar surface area (TPSA) is 76.7 Å². The van der Waals surface area contributed by atoms with Crippen LogP contribution in [-0.4, -0.2) is 25.0 Å². The number of ether oxygens (including phenoxy) is 2. The van der Waals surface area contributed by atoms with Crippen molar-refractivity contribution in [3.63, 3.8) is 0 Å². The number of hydrogen-bond acceptors (Lipinski definition) is 4. The highest BCUT2D eigenvalue weighted by Gasteiger charge is 2.54. The number of rotatable bonds is 6. The van der Waals surface area contributed by atoms with Crippen LogP contribution in [-0.2, 0) is 9.59 Å². The minimum absolute atomic E-state index is 0.0235. The molecule has 0 saturated heterocycles. The Hall–Kier alpha value is -2.24. The molecule has 4 aliphatic rings. The molecule has 4 aliphatic carbocycles. The van der Waals surface area contributed by atoms with Crippen molar-refractivity contribution in [1.29, 1.82) is 0 Å². The SMILES string of the molecule is CCOc1ccccc1OCC(=O)NNC(=O)C12CC3CC(CC(C3)C1)C2. The Morgan fingerprint density at radius 2 is 1.52 bits per heavy atom. The summed E-state index contributed by atoms with van der Waals surface area (Å²) in [6.07, 6.45) is 6.76. The molecule has 1 aromatic carbocycles. The van der Waals surface area contributed by atoms with Crippen molar-refractivity contribution in [2.75, 3.05) is 13.2 Å². The van der Waals surface area contributed by atoms with Crippen LogP contribution in [0.25, 0.3) is 0 Å². The zero-order valence-corrected chi connectivity index (χ0v) is 15.8. The molecule has 0 spiro atoms. The van der Waals surface area contributed by atoms with Crippen LogP contribution in [0.2, 0.25) is 0 Å². The van der Waals surface area contributed by atoms with Gasteiger partial charge in [-0.2, -0.15) is 0 Å². The molecule has 0 aliphatic heterocycles. The summed E-state index contributed by atoms with van der Waals surface area (Å²) < 4.78 is 11.0. The van der Waals surface area contributed by atoms with Gasteiger partial charge in [-0.25, -0.2) is 0 Å². The molecule has 27 heavy (non-hydrogen) atoms. The summed E-state index contributed by atoms with van der Waals surface area (Å²) in [5.74, 6) is 2.79. The van der Waals surface area contributed by atoms with Crippen molar-refractivity contribution in [2.24, 2.45) is 23.2 Å². The van der Waals surface area contributed by atoms with Crippen molar-refractivity contribution in [3.05, 3.63) is 24.3 Å². The van der Waals surface area contributed by atoms with Crippen molar-refractivity contribution in [1.82, 2.24) is 10.9 Å². The first-order valence-corrected chi connectivity index (χ1v) is 10.0. The fourth-order valence-corrected chi connectivity index (χ4v) is 5.67. The van der Waals surface area contributed by atoms with Crippen LogP contribution < -0.4 is 20.3 Å². The Morgan fingerprint density at radius 1 is 0.963 bits per heavy atom. The van der Waals surface area contributed by atoms with Crippen molar-refractivity contribution in [3.8, 4) is 11.5 Å². The highest BCUT2D eigenvalue weighted by atomic mass is 16.5. The van der Waals surface area contributed by atoms with Gasteiger partial charge in [0.25, 0.3) is 5.91 Å². The van der Waals surface area contributed by atoms with E-state index in [0.717, 1.165) is 19.3 Å². The molecule has 146 valence electrons. The summed E-state index contributed by atoms with van der Waals surface area (Å²) in [6, 6.07) is 7.23. The van der Waals surface area contributed by atoms with Gasteiger partial charge in [-0.05, 0) is 75.3 Å². The van der Waals surface area contributed by atoms with E-state index in [1.54, 1.807) is 12.1 Å². The smallest absolute Gasteiger partial charge is 0.276 e. The summed E-state index contributed by atoms with van der Waals surface area (Å²) in [7, 11) is 0. The number of carbonyl (C=O) groups is 2. The zero-order chi connectivity index (χ0) is 18.9.